The quantitative estimate of drug-likeness (QED) is 0.800. The van der Waals surface area contributed by atoms with E-state index in [1.165, 1.54) is 18.5 Å². The van der Waals surface area contributed by atoms with Crippen LogP contribution < -0.4 is 10.5 Å². The smallest absolute Gasteiger partial charge is 0.387 e. The summed E-state index contributed by atoms with van der Waals surface area (Å²) in [6.45, 7) is -2.88. The molecule has 3 rings (SSSR count). The minimum absolute atomic E-state index is 0.0525. The van der Waals surface area contributed by atoms with Crippen LogP contribution in [-0.2, 0) is 7.05 Å². The lowest BCUT2D eigenvalue weighted by molar-refractivity contribution is -0.0498. The number of aromatic nitrogens is 4. The molecule has 2 N–H and O–H groups in total. The van der Waals surface area contributed by atoms with Gasteiger partial charge in [0.2, 0.25) is 0 Å². The Kier molecular flexibility index (Phi) is 3.13. The lowest BCUT2D eigenvalue weighted by Gasteiger charge is -2.05. The van der Waals surface area contributed by atoms with Crippen LogP contribution >= 0.6 is 0 Å². The van der Waals surface area contributed by atoms with Crippen molar-refractivity contribution in [2.45, 2.75) is 6.61 Å². The fourth-order valence-electron chi connectivity index (χ4n) is 2.13. The molecular weight excluding hydrogens is 280 g/mol. The number of benzene rings is 1. The second kappa shape index (κ2) is 4.97. The van der Waals surface area contributed by atoms with Crippen molar-refractivity contribution in [3.63, 3.8) is 0 Å². The lowest BCUT2D eigenvalue weighted by atomic mass is 10.1. The standard InChI is InChI=1S/C13H11F2N5O/c1-20-12-9(11(16)17-6-18-12)10(19-20)7-3-2-4-8(5-7)21-13(14)15/h2-6,13H,1H3,(H2,16,17,18). The van der Waals surface area contributed by atoms with Crippen molar-refractivity contribution in [2.75, 3.05) is 5.73 Å². The van der Waals surface area contributed by atoms with E-state index in [0.29, 0.717) is 22.3 Å². The third-order valence-corrected chi connectivity index (χ3v) is 2.98. The van der Waals surface area contributed by atoms with Crippen LogP contribution in [0.25, 0.3) is 22.3 Å². The van der Waals surface area contributed by atoms with Gasteiger partial charge >= 0.3 is 6.61 Å². The molecule has 0 saturated heterocycles. The van der Waals surface area contributed by atoms with Crippen LogP contribution in [0, 0.1) is 0 Å². The number of halogens is 2. The number of ether oxygens (including phenoxy) is 1. The van der Waals surface area contributed by atoms with Gasteiger partial charge in [0.1, 0.15) is 23.6 Å². The van der Waals surface area contributed by atoms with E-state index in [4.69, 9.17) is 5.73 Å². The number of rotatable bonds is 3. The Bertz CT molecular complexity index is 802. The van der Waals surface area contributed by atoms with E-state index in [1.54, 1.807) is 23.9 Å². The van der Waals surface area contributed by atoms with E-state index in [-0.39, 0.29) is 11.6 Å². The number of nitrogen functional groups attached to an aromatic ring is 1. The van der Waals surface area contributed by atoms with E-state index in [9.17, 15) is 8.78 Å². The van der Waals surface area contributed by atoms with Crippen LogP contribution in [0.1, 0.15) is 0 Å². The molecule has 0 aliphatic rings. The molecule has 0 bridgehead atoms. The monoisotopic (exact) mass is 291 g/mol. The second-order valence-electron chi connectivity index (χ2n) is 4.34. The van der Waals surface area contributed by atoms with E-state index in [2.05, 4.69) is 19.8 Å². The molecule has 0 spiro atoms. The predicted molar refractivity (Wildman–Crippen MR) is 72.8 cm³/mol. The number of nitrogens with zero attached hydrogens (tertiary/aromatic N) is 4. The zero-order chi connectivity index (χ0) is 15.0. The van der Waals surface area contributed by atoms with Crippen LogP contribution in [0.5, 0.6) is 5.75 Å². The molecule has 0 radical (unpaired) electrons. The Labute approximate surface area is 118 Å². The summed E-state index contributed by atoms with van der Waals surface area (Å²) in [7, 11) is 1.72. The Balaban J connectivity index is 2.17. The zero-order valence-corrected chi connectivity index (χ0v) is 11.0. The van der Waals surface area contributed by atoms with Gasteiger partial charge in [0.05, 0.1) is 5.39 Å². The zero-order valence-electron chi connectivity index (χ0n) is 11.0. The van der Waals surface area contributed by atoms with Gasteiger partial charge in [-0.15, -0.1) is 0 Å². The Morgan fingerprint density at radius 2 is 2.10 bits per heavy atom. The van der Waals surface area contributed by atoms with Gasteiger partial charge in [-0.25, -0.2) is 14.6 Å². The third kappa shape index (κ3) is 2.35. The van der Waals surface area contributed by atoms with Crippen molar-refractivity contribution >= 4 is 16.9 Å². The highest BCUT2D eigenvalue weighted by Crippen LogP contribution is 2.31. The fraction of sp³-hybridized carbons (Fsp3) is 0.154. The normalized spacial score (nSPS) is 11.2. The maximum absolute atomic E-state index is 12.3. The van der Waals surface area contributed by atoms with Crippen LogP contribution in [0.4, 0.5) is 14.6 Å². The molecule has 0 fully saturated rings. The summed E-state index contributed by atoms with van der Waals surface area (Å²) in [5.41, 5.74) is 7.55. The highest BCUT2D eigenvalue weighted by Gasteiger charge is 2.16. The fourth-order valence-corrected chi connectivity index (χ4v) is 2.13. The van der Waals surface area contributed by atoms with Gasteiger partial charge in [-0.05, 0) is 12.1 Å². The molecule has 2 heterocycles. The highest BCUT2D eigenvalue weighted by atomic mass is 19.3. The average Bonchev–Trinajstić information content (AvgIpc) is 2.77. The molecule has 0 aliphatic heterocycles. The summed E-state index contributed by atoms with van der Waals surface area (Å²) in [6.07, 6.45) is 1.35. The van der Waals surface area contributed by atoms with Crippen molar-refractivity contribution in [1.82, 2.24) is 19.7 Å². The maximum atomic E-state index is 12.3. The van der Waals surface area contributed by atoms with Gasteiger partial charge in [0, 0.05) is 12.6 Å². The second-order valence-corrected chi connectivity index (χ2v) is 4.34. The first-order valence-corrected chi connectivity index (χ1v) is 6.04. The molecule has 108 valence electrons. The first kappa shape index (κ1) is 13.2. The van der Waals surface area contributed by atoms with Gasteiger partial charge in [-0.2, -0.15) is 13.9 Å². The van der Waals surface area contributed by atoms with Gasteiger partial charge in [-0.1, -0.05) is 12.1 Å². The van der Waals surface area contributed by atoms with Gasteiger partial charge < -0.3 is 10.5 Å². The minimum Gasteiger partial charge on any atom is -0.435 e. The maximum Gasteiger partial charge on any atom is 0.387 e. The SMILES string of the molecule is Cn1nc(-c2cccc(OC(F)F)c2)c2c(N)ncnc21. The number of anilines is 1. The summed E-state index contributed by atoms with van der Waals surface area (Å²) in [5.74, 6) is 0.333. The predicted octanol–water partition coefficient (Wildman–Crippen LogP) is 2.21. The first-order valence-electron chi connectivity index (χ1n) is 6.04. The molecule has 8 heteroatoms. The molecule has 1 aromatic carbocycles. The largest absolute Gasteiger partial charge is 0.435 e. The van der Waals surface area contributed by atoms with E-state index >= 15 is 0 Å². The molecule has 0 unspecified atom stereocenters. The molecule has 0 aliphatic carbocycles. The Hall–Kier alpha value is -2.77. The van der Waals surface area contributed by atoms with Crippen molar-refractivity contribution in [1.29, 1.82) is 0 Å². The number of hydrogen-bond acceptors (Lipinski definition) is 5. The first-order chi connectivity index (χ1) is 10.1. The summed E-state index contributed by atoms with van der Waals surface area (Å²) >= 11 is 0. The number of aryl methyl sites for hydroxylation is 1. The van der Waals surface area contributed by atoms with E-state index < -0.39 is 6.61 Å². The number of nitrogens with two attached hydrogens (primary N) is 1. The van der Waals surface area contributed by atoms with Crippen molar-refractivity contribution in [3.05, 3.63) is 30.6 Å². The lowest BCUT2D eigenvalue weighted by Crippen LogP contribution is -2.01. The minimum atomic E-state index is -2.88. The molecule has 0 saturated carbocycles. The van der Waals surface area contributed by atoms with Crippen LogP contribution in [0.2, 0.25) is 0 Å². The van der Waals surface area contributed by atoms with Crippen molar-refractivity contribution in [2.24, 2.45) is 7.05 Å². The molecule has 0 amide bonds. The molecule has 3 aromatic rings. The Morgan fingerprint density at radius 3 is 2.86 bits per heavy atom. The van der Waals surface area contributed by atoms with E-state index in [1.807, 2.05) is 0 Å². The summed E-state index contributed by atoms with van der Waals surface area (Å²) in [5, 5.41) is 4.91. The average molecular weight is 291 g/mol. The molecule has 21 heavy (non-hydrogen) atoms. The van der Waals surface area contributed by atoms with Gasteiger partial charge in [0.25, 0.3) is 0 Å². The van der Waals surface area contributed by atoms with Crippen molar-refractivity contribution in [3.8, 4) is 17.0 Å². The molecule has 6 nitrogen and oxygen atoms in total. The van der Waals surface area contributed by atoms with E-state index in [0.717, 1.165) is 0 Å². The molecule has 2 aromatic heterocycles. The van der Waals surface area contributed by atoms with Crippen molar-refractivity contribution < 1.29 is 13.5 Å². The number of hydrogen-bond donors (Lipinski definition) is 1. The van der Waals surface area contributed by atoms with Gasteiger partial charge in [-0.3, -0.25) is 0 Å². The molecular formula is C13H11F2N5O. The number of fused-ring (bicyclic) bond motifs is 1. The summed E-state index contributed by atoms with van der Waals surface area (Å²) in [4.78, 5) is 8.06. The molecule has 0 atom stereocenters. The topological polar surface area (TPSA) is 78.9 Å². The van der Waals surface area contributed by atoms with Crippen LogP contribution in [0.15, 0.2) is 30.6 Å². The highest BCUT2D eigenvalue weighted by molar-refractivity contribution is 5.98. The Morgan fingerprint density at radius 1 is 1.29 bits per heavy atom. The summed E-state index contributed by atoms with van der Waals surface area (Å²) < 4.78 is 30.5. The number of alkyl halides is 2. The van der Waals surface area contributed by atoms with Crippen LogP contribution in [-0.4, -0.2) is 26.4 Å². The summed E-state index contributed by atoms with van der Waals surface area (Å²) in [6, 6.07) is 6.25. The van der Waals surface area contributed by atoms with Gasteiger partial charge in [0.15, 0.2) is 5.65 Å². The third-order valence-electron chi connectivity index (χ3n) is 2.98. The van der Waals surface area contributed by atoms with Crippen LogP contribution in [0.3, 0.4) is 0 Å².